The number of hydrogen-bond acceptors (Lipinski definition) is 5. The van der Waals surface area contributed by atoms with Crippen molar-refractivity contribution in [1.29, 1.82) is 0 Å². The lowest BCUT2D eigenvalue weighted by molar-refractivity contribution is -0.125. The number of amides is 1. The number of aromatic carboxylic acids is 1. The van der Waals surface area contributed by atoms with E-state index in [1.54, 1.807) is 27.8 Å². The van der Waals surface area contributed by atoms with E-state index < -0.39 is 11.4 Å². The SMILES string of the molecule is Cc1nsc(N(C)C(=O)C(C)(C)CN)c1C(=O)O. The second-order valence-electron chi connectivity index (χ2n) is 4.71. The molecule has 18 heavy (non-hydrogen) atoms. The molecular weight excluding hydrogens is 254 g/mol. The van der Waals surface area contributed by atoms with Gasteiger partial charge in [-0.3, -0.25) is 4.79 Å². The molecule has 1 aromatic rings. The molecule has 0 fully saturated rings. The van der Waals surface area contributed by atoms with Crippen LogP contribution >= 0.6 is 11.5 Å². The predicted octanol–water partition coefficient (Wildman–Crippen LogP) is 1.10. The van der Waals surface area contributed by atoms with Crippen molar-refractivity contribution in [2.45, 2.75) is 20.8 Å². The van der Waals surface area contributed by atoms with Crippen molar-refractivity contribution in [3.05, 3.63) is 11.3 Å². The van der Waals surface area contributed by atoms with Crippen LogP contribution in [0.1, 0.15) is 29.9 Å². The molecule has 1 heterocycles. The highest BCUT2D eigenvalue weighted by Crippen LogP contribution is 2.30. The molecule has 0 unspecified atom stereocenters. The molecule has 0 atom stereocenters. The number of carboxylic acid groups (broad SMARTS) is 1. The van der Waals surface area contributed by atoms with Crippen molar-refractivity contribution in [3.8, 4) is 0 Å². The third-order valence-electron chi connectivity index (χ3n) is 2.76. The number of carboxylic acids is 1. The Bertz CT molecular complexity index is 482. The number of rotatable bonds is 4. The van der Waals surface area contributed by atoms with Crippen molar-refractivity contribution in [2.75, 3.05) is 18.5 Å². The van der Waals surface area contributed by atoms with E-state index >= 15 is 0 Å². The van der Waals surface area contributed by atoms with E-state index in [-0.39, 0.29) is 18.0 Å². The van der Waals surface area contributed by atoms with E-state index in [1.807, 2.05) is 0 Å². The summed E-state index contributed by atoms with van der Waals surface area (Å²) >= 11 is 1.00. The summed E-state index contributed by atoms with van der Waals surface area (Å²) in [5, 5.41) is 9.47. The molecule has 7 heteroatoms. The lowest BCUT2D eigenvalue weighted by atomic mass is 9.92. The smallest absolute Gasteiger partial charge is 0.340 e. The summed E-state index contributed by atoms with van der Waals surface area (Å²) in [6, 6.07) is 0. The van der Waals surface area contributed by atoms with Crippen LogP contribution in [0.25, 0.3) is 0 Å². The van der Waals surface area contributed by atoms with Crippen LogP contribution in [0.2, 0.25) is 0 Å². The fraction of sp³-hybridized carbons (Fsp3) is 0.545. The Balaban J connectivity index is 3.16. The molecule has 0 aliphatic heterocycles. The zero-order chi connectivity index (χ0) is 14.1. The van der Waals surface area contributed by atoms with E-state index in [9.17, 15) is 9.59 Å². The third kappa shape index (κ3) is 2.51. The first-order valence-electron chi connectivity index (χ1n) is 5.40. The van der Waals surface area contributed by atoms with Gasteiger partial charge >= 0.3 is 5.97 Å². The Morgan fingerprint density at radius 2 is 2.06 bits per heavy atom. The van der Waals surface area contributed by atoms with E-state index in [0.717, 1.165) is 11.5 Å². The van der Waals surface area contributed by atoms with Crippen LogP contribution < -0.4 is 10.6 Å². The summed E-state index contributed by atoms with van der Waals surface area (Å²) in [4.78, 5) is 24.7. The quantitative estimate of drug-likeness (QED) is 0.854. The number of carbonyl (C=O) groups excluding carboxylic acids is 1. The van der Waals surface area contributed by atoms with Crippen LogP contribution in [0.15, 0.2) is 0 Å². The van der Waals surface area contributed by atoms with Gasteiger partial charge in [-0.1, -0.05) is 0 Å². The van der Waals surface area contributed by atoms with Gasteiger partial charge in [-0.25, -0.2) is 4.79 Å². The average Bonchev–Trinajstić information content (AvgIpc) is 2.69. The molecule has 1 rings (SSSR count). The maximum Gasteiger partial charge on any atom is 0.340 e. The molecule has 1 amide bonds. The third-order valence-corrected chi connectivity index (χ3v) is 3.77. The Morgan fingerprint density at radius 1 is 1.50 bits per heavy atom. The number of nitrogens with zero attached hydrogens (tertiary/aromatic N) is 2. The largest absolute Gasteiger partial charge is 0.478 e. The van der Waals surface area contributed by atoms with Crippen molar-refractivity contribution in [1.82, 2.24) is 4.37 Å². The zero-order valence-electron chi connectivity index (χ0n) is 10.9. The van der Waals surface area contributed by atoms with Crippen LogP contribution in [-0.2, 0) is 4.79 Å². The Kier molecular flexibility index (Phi) is 4.08. The summed E-state index contributed by atoms with van der Waals surface area (Å²) in [6.45, 7) is 5.24. The number of hydrogen-bond donors (Lipinski definition) is 2. The molecule has 1 aromatic heterocycles. The minimum Gasteiger partial charge on any atom is -0.478 e. The van der Waals surface area contributed by atoms with Crippen LogP contribution in [0, 0.1) is 12.3 Å². The van der Waals surface area contributed by atoms with Crippen LogP contribution in [0.3, 0.4) is 0 Å². The highest BCUT2D eigenvalue weighted by Gasteiger charge is 2.32. The first kappa shape index (κ1) is 14.6. The molecule has 0 saturated heterocycles. The number of carbonyl (C=O) groups is 2. The van der Waals surface area contributed by atoms with Crippen molar-refractivity contribution < 1.29 is 14.7 Å². The summed E-state index contributed by atoms with van der Waals surface area (Å²) in [5.74, 6) is -1.31. The predicted molar refractivity (Wildman–Crippen MR) is 70.1 cm³/mol. The molecule has 100 valence electrons. The number of nitrogens with two attached hydrogens (primary N) is 1. The number of aromatic nitrogens is 1. The van der Waals surface area contributed by atoms with Gasteiger partial charge in [0, 0.05) is 13.6 Å². The molecule has 6 nitrogen and oxygen atoms in total. The van der Waals surface area contributed by atoms with Gasteiger partial charge in [0.15, 0.2) is 0 Å². The molecule has 0 bridgehead atoms. The lowest BCUT2D eigenvalue weighted by Crippen LogP contribution is -2.43. The molecule has 0 saturated carbocycles. The van der Waals surface area contributed by atoms with Gasteiger partial charge in [0.1, 0.15) is 10.6 Å². The Labute approximate surface area is 110 Å². The van der Waals surface area contributed by atoms with Crippen LogP contribution in [0.4, 0.5) is 5.00 Å². The highest BCUT2D eigenvalue weighted by atomic mass is 32.1. The minimum absolute atomic E-state index is 0.0728. The Morgan fingerprint density at radius 3 is 2.50 bits per heavy atom. The van der Waals surface area contributed by atoms with Crippen LogP contribution in [0.5, 0.6) is 0 Å². The van der Waals surface area contributed by atoms with E-state index in [1.165, 1.54) is 4.90 Å². The van der Waals surface area contributed by atoms with Crippen LogP contribution in [-0.4, -0.2) is 34.9 Å². The summed E-state index contributed by atoms with van der Waals surface area (Å²) < 4.78 is 3.98. The van der Waals surface area contributed by atoms with Crippen molar-refractivity contribution in [2.24, 2.45) is 11.1 Å². The van der Waals surface area contributed by atoms with Gasteiger partial charge in [0.2, 0.25) is 5.91 Å². The van der Waals surface area contributed by atoms with Gasteiger partial charge < -0.3 is 15.7 Å². The maximum atomic E-state index is 12.2. The first-order valence-corrected chi connectivity index (χ1v) is 6.17. The maximum absolute atomic E-state index is 12.2. The normalized spacial score (nSPS) is 11.4. The molecule has 0 radical (unpaired) electrons. The highest BCUT2D eigenvalue weighted by molar-refractivity contribution is 7.11. The second kappa shape index (κ2) is 5.03. The van der Waals surface area contributed by atoms with Gasteiger partial charge in [0.05, 0.1) is 11.1 Å². The molecule has 0 spiro atoms. The summed E-state index contributed by atoms with van der Waals surface area (Å²) in [5.41, 5.74) is 5.30. The van der Waals surface area contributed by atoms with E-state index in [0.29, 0.717) is 10.7 Å². The van der Waals surface area contributed by atoms with Gasteiger partial charge in [0.25, 0.3) is 0 Å². The molecule has 3 N–H and O–H groups in total. The first-order chi connectivity index (χ1) is 8.22. The van der Waals surface area contributed by atoms with E-state index in [2.05, 4.69) is 4.37 Å². The molecule has 0 aliphatic rings. The fourth-order valence-corrected chi connectivity index (χ4v) is 2.31. The van der Waals surface area contributed by atoms with Gasteiger partial charge in [-0.15, -0.1) is 0 Å². The zero-order valence-corrected chi connectivity index (χ0v) is 11.7. The van der Waals surface area contributed by atoms with Gasteiger partial charge in [-0.2, -0.15) is 4.37 Å². The Hall–Kier alpha value is -1.47. The molecule has 0 aliphatic carbocycles. The van der Waals surface area contributed by atoms with Crippen molar-refractivity contribution >= 4 is 28.4 Å². The lowest BCUT2D eigenvalue weighted by Gasteiger charge is -2.27. The topological polar surface area (TPSA) is 96.5 Å². The summed E-state index contributed by atoms with van der Waals surface area (Å²) in [6.07, 6.45) is 0. The minimum atomic E-state index is -1.08. The van der Waals surface area contributed by atoms with Gasteiger partial charge in [-0.05, 0) is 32.3 Å². The number of aryl methyl sites for hydroxylation is 1. The van der Waals surface area contributed by atoms with E-state index in [4.69, 9.17) is 10.8 Å². The average molecular weight is 271 g/mol. The monoisotopic (exact) mass is 271 g/mol. The fourth-order valence-electron chi connectivity index (χ4n) is 1.47. The molecular formula is C11H17N3O3S. The number of anilines is 1. The second-order valence-corrected chi connectivity index (χ2v) is 5.46. The summed E-state index contributed by atoms with van der Waals surface area (Å²) in [7, 11) is 1.54. The molecule has 0 aromatic carbocycles. The standard InChI is InChI=1S/C11H17N3O3S/c1-6-7(9(15)16)8(18-13-6)14(4)10(17)11(2,3)5-12/h5,12H2,1-4H3,(H,15,16). The van der Waals surface area contributed by atoms with Crippen molar-refractivity contribution in [3.63, 3.8) is 0 Å².